The van der Waals surface area contributed by atoms with Crippen LogP contribution in [0.4, 0.5) is 0 Å². The van der Waals surface area contributed by atoms with Crippen LogP contribution in [0.15, 0.2) is 109 Å². The minimum Gasteiger partial charge on any atom is -0.492 e. The number of rotatable bonds is 30. The molecule has 16 heteroatoms. The maximum atomic E-state index is 11.6. The Morgan fingerprint density at radius 1 is 0.450 bits per heavy atom. The van der Waals surface area contributed by atoms with E-state index in [0.717, 1.165) is 11.5 Å². The molecule has 6 N–H and O–H groups in total. The Labute approximate surface area is 352 Å². The van der Waals surface area contributed by atoms with Crippen LogP contribution in [0.1, 0.15) is 0 Å². The van der Waals surface area contributed by atoms with E-state index in [1.807, 2.05) is 60.7 Å². The molecule has 0 saturated heterocycles. The highest BCUT2D eigenvalue weighted by Crippen LogP contribution is 2.18. The molecule has 0 bridgehead atoms. The molecule has 16 nitrogen and oxygen atoms in total. The summed E-state index contributed by atoms with van der Waals surface area (Å²) in [7, 11) is 3.15. The fraction of sp³-hybridized carbons (Fsp3) is 0.409. The van der Waals surface area contributed by atoms with Crippen LogP contribution in [0.25, 0.3) is 0 Å². The van der Waals surface area contributed by atoms with E-state index in [9.17, 15) is 19.8 Å². The molecule has 4 aromatic carbocycles. The van der Waals surface area contributed by atoms with Crippen LogP contribution in [-0.2, 0) is 19.1 Å². The summed E-state index contributed by atoms with van der Waals surface area (Å²) in [4.78, 5) is 23.1. The van der Waals surface area contributed by atoms with Gasteiger partial charge in [0.1, 0.15) is 73.1 Å². The summed E-state index contributed by atoms with van der Waals surface area (Å²) in [5, 5.41) is 31.5. The molecule has 60 heavy (non-hydrogen) atoms. The van der Waals surface area contributed by atoms with Crippen LogP contribution in [-0.4, -0.2) is 141 Å². The molecule has 0 aliphatic heterocycles. The number of nitrogens with one attached hydrogen (secondary N) is 4. The second kappa shape index (κ2) is 31.3. The molecule has 0 spiro atoms. The summed E-state index contributed by atoms with van der Waals surface area (Å²) in [6, 6.07) is 32.9. The van der Waals surface area contributed by atoms with E-state index in [-0.39, 0.29) is 38.2 Å². The third-order valence-electron chi connectivity index (χ3n) is 7.87. The topological polar surface area (TPSA) is 197 Å². The van der Waals surface area contributed by atoms with Crippen molar-refractivity contribution in [2.75, 3.05) is 106 Å². The Kier molecular flexibility index (Phi) is 25.4. The van der Waals surface area contributed by atoms with Crippen molar-refractivity contribution in [3.63, 3.8) is 0 Å². The predicted octanol–water partition coefficient (Wildman–Crippen LogP) is 2.47. The Bertz CT molecular complexity index is 1550. The van der Waals surface area contributed by atoms with Gasteiger partial charge in [0.05, 0.1) is 13.2 Å². The zero-order valence-electron chi connectivity index (χ0n) is 34.4. The van der Waals surface area contributed by atoms with E-state index in [2.05, 4.69) is 21.3 Å². The first-order valence-corrected chi connectivity index (χ1v) is 19.7. The molecule has 328 valence electrons. The number of para-hydroxylation sites is 2. The van der Waals surface area contributed by atoms with Gasteiger partial charge in [-0.05, 0) is 72.8 Å². The fourth-order valence-corrected chi connectivity index (χ4v) is 4.80. The highest BCUT2D eigenvalue weighted by Gasteiger charge is 2.07. The summed E-state index contributed by atoms with van der Waals surface area (Å²) in [5.41, 5.74) is 0. The second-order valence-corrected chi connectivity index (χ2v) is 12.9. The van der Waals surface area contributed by atoms with Gasteiger partial charge in [-0.15, -0.1) is 0 Å². The molecule has 2 amide bonds. The monoisotopic (exact) mass is 836 g/mol. The van der Waals surface area contributed by atoms with Gasteiger partial charge in [-0.25, -0.2) is 0 Å². The maximum Gasteiger partial charge on any atom is 0.258 e. The number of benzene rings is 4. The summed E-state index contributed by atoms with van der Waals surface area (Å²) < 4.78 is 42.8. The smallest absolute Gasteiger partial charge is 0.258 e. The van der Waals surface area contributed by atoms with Crippen molar-refractivity contribution in [1.82, 2.24) is 21.3 Å². The number of carbonyl (C=O) groups is 2. The van der Waals surface area contributed by atoms with Gasteiger partial charge in [0.2, 0.25) is 0 Å². The lowest BCUT2D eigenvalue weighted by atomic mass is 10.3. The number of ether oxygens (including phenoxy) is 8. The molecule has 0 aromatic heterocycles. The average molecular weight is 837 g/mol. The minimum atomic E-state index is -0.603. The zero-order chi connectivity index (χ0) is 42.9. The van der Waals surface area contributed by atoms with E-state index in [1.165, 1.54) is 0 Å². The summed E-state index contributed by atoms with van der Waals surface area (Å²) in [6.07, 6.45) is -1.21. The van der Waals surface area contributed by atoms with Crippen LogP contribution < -0.4 is 49.7 Å². The number of hydrogen-bond acceptors (Lipinski definition) is 14. The van der Waals surface area contributed by atoms with Crippen molar-refractivity contribution < 1.29 is 57.7 Å². The van der Waals surface area contributed by atoms with Crippen molar-refractivity contribution in [3.05, 3.63) is 109 Å². The van der Waals surface area contributed by atoms with Gasteiger partial charge in [-0.2, -0.15) is 0 Å². The highest BCUT2D eigenvalue weighted by molar-refractivity contribution is 5.77. The summed E-state index contributed by atoms with van der Waals surface area (Å²) in [6.45, 7) is 5.09. The van der Waals surface area contributed by atoms with Gasteiger partial charge in [0.15, 0.2) is 13.2 Å². The van der Waals surface area contributed by atoms with E-state index >= 15 is 0 Å². The minimum absolute atomic E-state index is 0.0514. The lowest BCUT2D eigenvalue weighted by molar-refractivity contribution is -0.124. The normalized spacial score (nSPS) is 11.5. The van der Waals surface area contributed by atoms with Gasteiger partial charge in [0, 0.05) is 53.5 Å². The van der Waals surface area contributed by atoms with Crippen LogP contribution in [0.3, 0.4) is 0 Å². The molecular weight excluding hydrogens is 776 g/mol. The number of carbonyl (C=O) groups excluding carboxylic acids is 2. The summed E-state index contributed by atoms with van der Waals surface area (Å²) in [5.74, 6) is 3.64. The Morgan fingerprint density at radius 2 is 0.783 bits per heavy atom. The van der Waals surface area contributed by atoms with Crippen molar-refractivity contribution in [1.29, 1.82) is 0 Å². The molecular formula is C44H60N4O12. The van der Waals surface area contributed by atoms with Crippen LogP contribution in [0.2, 0.25) is 0 Å². The molecule has 2 atom stereocenters. The van der Waals surface area contributed by atoms with Crippen LogP contribution in [0, 0.1) is 0 Å². The van der Waals surface area contributed by atoms with E-state index in [4.69, 9.17) is 37.9 Å². The quantitative estimate of drug-likeness (QED) is 0.0420. The van der Waals surface area contributed by atoms with Gasteiger partial charge in [0.25, 0.3) is 11.8 Å². The molecule has 0 unspecified atom stereocenters. The third kappa shape index (κ3) is 23.7. The van der Waals surface area contributed by atoms with E-state index < -0.39 is 12.2 Å². The third-order valence-corrected chi connectivity index (χ3v) is 7.87. The first-order chi connectivity index (χ1) is 29.3. The second-order valence-electron chi connectivity index (χ2n) is 12.9. The van der Waals surface area contributed by atoms with Gasteiger partial charge in [-0.3, -0.25) is 9.59 Å². The molecule has 0 radical (unpaired) electrons. The average Bonchev–Trinajstić information content (AvgIpc) is 3.28. The number of aliphatic hydroxyl groups is 2. The predicted molar refractivity (Wildman–Crippen MR) is 226 cm³/mol. The lowest BCUT2D eigenvalue weighted by Crippen LogP contribution is -2.33. The molecule has 0 saturated carbocycles. The van der Waals surface area contributed by atoms with Crippen molar-refractivity contribution in [3.8, 4) is 34.5 Å². The molecule has 0 aliphatic rings. The van der Waals surface area contributed by atoms with Gasteiger partial charge in [-0.1, -0.05) is 36.4 Å². The van der Waals surface area contributed by atoms with Crippen molar-refractivity contribution >= 4 is 11.8 Å². The number of methoxy groups -OCH3 is 2. The molecule has 4 rings (SSSR count). The van der Waals surface area contributed by atoms with E-state index in [1.54, 1.807) is 62.8 Å². The number of aliphatic hydroxyl groups excluding tert-OH is 2. The molecule has 0 aliphatic carbocycles. The first kappa shape index (κ1) is 48.7. The Hall–Kier alpha value is -5.62. The molecule has 4 aromatic rings. The lowest BCUT2D eigenvalue weighted by Gasteiger charge is -2.13. The van der Waals surface area contributed by atoms with Crippen LogP contribution >= 0.6 is 0 Å². The van der Waals surface area contributed by atoms with E-state index in [0.29, 0.717) is 88.7 Å². The fourth-order valence-electron chi connectivity index (χ4n) is 4.80. The van der Waals surface area contributed by atoms with Gasteiger partial charge < -0.3 is 69.4 Å². The zero-order valence-corrected chi connectivity index (χ0v) is 34.4. The highest BCUT2D eigenvalue weighted by atomic mass is 16.5. The standard InChI is InChI=1S/2C22H30N2O6/c2*1-27-13-12-24-22(26)17-30-21-9-7-20(8-10-21)28-14-11-23-15-18(25)16-29-19-5-3-2-4-6-19/h2*2-10,18,23,25H,11-17H2,1H3,(H,24,26)/t2*18-/m00/s1. The van der Waals surface area contributed by atoms with Crippen molar-refractivity contribution in [2.24, 2.45) is 0 Å². The largest absolute Gasteiger partial charge is 0.492 e. The number of amides is 2. The maximum absolute atomic E-state index is 11.6. The summed E-state index contributed by atoms with van der Waals surface area (Å²) >= 11 is 0. The van der Waals surface area contributed by atoms with Gasteiger partial charge >= 0.3 is 0 Å². The SMILES string of the molecule is COCCNC(=O)COc1ccc(OCCNC[C@H](O)COc2ccccc2)cc1.COCCNC(=O)COc1ccc(OCCNC[C@H](O)COc2ccccc2)cc1. The van der Waals surface area contributed by atoms with Crippen LogP contribution in [0.5, 0.6) is 34.5 Å². The first-order valence-electron chi connectivity index (χ1n) is 19.7. The Balaban J connectivity index is 0.000000320. The molecule has 0 heterocycles. The number of hydrogen-bond donors (Lipinski definition) is 6. The molecule has 0 fully saturated rings. The Morgan fingerprint density at radius 3 is 1.13 bits per heavy atom. The van der Waals surface area contributed by atoms with Crippen molar-refractivity contribution in [2.45, 2.75) is 12.2 Å².